The molecule has 0 spiro atoms. The lowest BCUT2D eigenvalue weighted by Crippen LogP contribution is -1.83. The number of rotatable bonds is 2. The lowest BCUT2D eigenvalue weighted by molar-refractivity contribution is 1.08. The minimum Gasteiger partial charge on any atom is -0.248 e. The Labute approximate surface area is 105 Å². The van der Waals surface area contributed by atoms with E-state index in [1.54, 1.807) is 12.4 Å². The number of pyridine rings is 2. The van der Waals surface area contributed by atoms with Crippen LogP contribution < -0.4 is 0 Å². The summed E-state index contributed by atoms with van der Waals surface area (Å²) in [6.45, 7) is 0. The predicted octanol–water partition coefficient (Wildman–Crippen LogP) is 4.04. The van der Waals surface area contributed by atoms with Crippen molar-refractivity contribution < 1.29 is 0 Å². The smallest absolute Gasteiger partial charge is 0.116 e. The van der Waals surface area contributed by atoms with Gasteiger partial charge in [-0.05, 0) is 52.0 Å². The third kappa shape index (κ3) is 2.93. The van der Waals surface area contributed by atoms with Crippen LogP contribution in [0.25, 0.3) is 0 Å². The van der Waals surface area contributed by atoms with Crippen LogP contribution in [0.4, 0.5) is 0 Å². The van der Waals surface area contributed by atoms with E-state index in [9.17, 15) is 0 Å². The van der Waals surface area contributed by atoms with E-state index < -0.39 is 0 Å². The summed E-state index contributed by atoms with van der Waals surface area (Å²) in [5.74, 6) is 0. The van der Waals surface area contributed by atoms with Crippen molar-refractivity contribution in [3.05, 3.63) is 46.2 Å². The molecule has 2 aromatic rings. The van der Waals surface area contributed by atoms with Crippen LogP contribution in [0.5, 0.6) is 0 Å². The molecule has 15 heavy (non-hydrogen) atoms. The highest BCUT2D eigenvalue weighted by Crippen LogP contribution is 2.30. The molecule has 0 atom stereocenters. The lowest BCUT2D eigenvalue weighted by atomic mass is 10.5. The summed E-state index contributed by atoms with van der Waals surface area (Å²) in [4.78, 5) is 8.42. The van der Waals surface area contributed by atoms with Gasteiger partial charge >= 0.3 is 0 Å². The molecule has 0 aliphatic carbocycles. The van der Waals surface area contributed by atoms with E-state index in [0.29, 0.717) is 5.02 Å². The van der Waals surface area contributed by atoms with Gasteiger partial charge in [0.25, 0.3) is 0 Å². The van der Waals surface area contributed by atoms with Crippen molar-refractivity contribution in [3.8, 4) is 0 Å². The minimum absolute atomic E-state index is 0.638. The molecule has 0 amide bonds. The van der Waals surface area contributed by atoms with Gasteiger partial charge in [-0.2, -0.15) is 0 Å². The first-order valence-corrected chi connectivity index (χ1v) is 6.14. The second kappa shape index (κ2) is 4.96. The molecule has 0 aliphatic rings. The summed E-state index contributed by atoms with van der Waals surface area (Å²) in [7, 11) is 0. The fraction of sp³-hybridized carbons (Fsp3) is 0. The monoisotopic (exact) mass is 300 g/mol. The van der Waals surface area contributed by atoms with Gasteiger partial charge in [0.05, 0.1) is 9.50 Å². The highest BCUT2D eigenvalue weighted by molar-refractivity contribution is 9.10. The molecule has 0 N–H and O–H groups in total. The maximum absolute atomic E-state index is 5.75. The Morgan fingerprint density at radius 1 is 1.20 bits per heavy atom. The zero-order valence-electron chi connectivity index (χ0n) is 7.52. The maximum Gasteiger partial charge on any atom is 0.116 e. The van der Waals surface area contributed by atoms with Crippen LogP contribution in [0, 0.1) is 0 Å². The van der Waals surface area contributed by atoms with E-state index in [4.69, 9.17) is 11.6 Å². The third-order valence-electron chi connectivity index (χ3n) is 1.63. The molecule has 0 saturated carbocycles. The first-order valence-electron chi connectivity index (χ1n) is 4.15. The zero-order chi connectivity index (χ0) is 10.7. The Morgan fingerprint density at radius 3 is 2.73 bits per heavy atom. The predicted molar refractivity (Wildman–Crippen MR) is 65.3 cm³/mol. The molecule has 0 radical (unpaired) electrons. The Bertz CT molecular complexity index is 461. The van der Waals surface area contributed by atoms with Gasteiger partial charge in [0.2, 0.25) is 0 Å². The Balaban J connectivity index is 2.22. The SMILES string of the molecule is Clc1ccc(Sc2ncccc2Br)nc1. The van der Waals surface area contributed by atoms with Gasteiger partial charge in [-0.3, -0.25) is 0 Å². The molecule has 2 aromatic heterocycles. The molecular weight excluding hydrogens is 296 g/mol. The Hall–Kier alpha value is -0.580. The van der Waals surface area contributed by atoms with Crippen LogP contribution in [-0.4, -0.2) is 9.97 Å². The molecule has 5 heteroatoms. The summed E-state index contributed by atoms with van der Waals surface area (Å²) in [5.41, 5.74) is 0. The second-order valence-electron chi connectivity index (χ2n) is 2.71. The minimum atomic E-state index is 0.638. The van der Waals surface area contributed by atoms with Crippen molar-refractivity contribution >= 4 is 39.3 Å². The molecule has 0 fully saturated rings. The van der Waals surface area contributed by atoms with Gasteiger partial charge in [0, 0.05) is 12.4 Å². The number of halogens is 2. The first kappa shape index (κ1) is 10.9. The van der Waals surface area contributed by atoms with Crippen LogP contribution in [0.3, 0.4) is 0 Å². The summed E-state index contributed by atoms with van der Waals surface area (Å²) >= 11 is 10.7. The van der Waals surface area contributed by atoms with Crippen LogP contribution >= 0.6 is 39.3 Å². The van der Waals surface area contributed by atoms with Gasteiger partial charge in [-0.1, -0.05) is 11.6 Å². The highest BCUT2D eigenvalue weighted by atomic mass is 79.9. The average Bonchev–Trinajstić information content (AvgIpc) is 2.25. The van der Waals surface area contributed by atoms with E-state index >= 15 is 0 Å². The van der Waals surface area contributed by atoms with Crippen LogP contribution in [-0.2, 0) is 0 Å². The topological polar surface area (TPSA) is 25.8 Å². The van der Waals surface area contributed by atoms with Crippen LogP contribution in [0.15, 0.2) is 51.2 Å². The second-order valence-corrected chi connectivity index (χ2v) is 5.01. The quantitative estimate of drug-likeness (QED) is 0.837. The standard InChI is InChI=1S/C10H6BrClN2S/c11-8-2-1-5-13-10(8)15-9-4-3-7(12)6-14-9/h1-6H. The lowest BCUT2D eigenvalue weighted by Gasteiger charge is -2.01. The largest absolute Gasteiger partial charge is 0.248 e. The zero-order valence-corrected chi connectivity index (χ0v) is 10.7. The van der Waals surface area contributed by atoms with Gasteiger partial charge in [0.1, 0.15) is 10.1 Å². The fourth-order valence-electron chi connectivity index (χ4n) is 0.968. The van der Waals surface area contributed by atoms with Gasteiger partial charge in [-0.25, -0.2) is 9.97 Å². The number of hydrogen-bond donors (Lipinski definition) is 0. The van der Waals surface area contributed by atoms with E-state index in [2.05, 4.69) is 25.9 Å². The maximum atomic E-state index is 5.75. The van der Waals surface area contributed by atoms with Crippen molar-refractivity contribution in [2.24, 2.45) is 0 Å². The molecule has 0 aliphatic heterocycles. The average molecular weight is 302 g/mol. The van der Waals surface area contributed by atoms with Crippen molar-refractivity contribution in [1.29, 1.82) is 0 Å². The number of aromatic nitrogens is 2. The highest BCUT2D eigenvalue weighted by Gasteiger charge is 2.03. The van der Waals surface area contributed by atoms with Crippen molar-refractivity contribution in [3.63, 3.8) is 0 Å². The summed E-state index contributed by atoms with van der Waals surface area (Å²) in [6.07, 6.45) is 3.38. The molecule has 2 heterocycles. The number of hydrogen-bond acceptors (Lipinski definition) is 3. The molecule has 0 saturated heterocycles. The van der Waals surface area contributed by atoms with Crippen LogP contribution in [0.2, 0.25) is 5.02 Å². The molecule has 0 unspecified atom stereocenters. The van der Waals surface area contributed by atoms with Crippen LogP contribution in [0.1, 0.15) is 0 Å². The molecule has 0 aromatic carbocycles. The summed E-state index contributed by atoms with van der Waals surface area (Å²) < 4.78 is 0.965. The third-order valence-corrected chi connectivity index (χ3v) is 3.72. The molecular formula is C10H6BrClN2S. The van der Waals surface area contributed by atoms with Crippen molar-refractivity contribution in [1.82, 2.24) is 9.97 Å². The Morgan fingerprint density at radius 2 is 2.07 bits per heavy atom. The molecule has 2 rings (SSSR count). The Kier molecular flexibility index (Phi) is 3.61. The van der Waals surface area contributed by atoms with Crippen molar-refractivity contribution in [2.75, 3.05) is 0 Å². The van der Waals surface area contributed by atoms with Gasteiger partial charge in [-0.15, -0.1) is 0 Å². The molecule has 0 bridgehead atoms. The van der Waals surface area contributed by atoms with Gasteiger partial charge in [0.15, 0.2) is 0 Å². The van der Waals surface area contributed by atoms with Crippen molar-refractivity contribution in [2.45, 2.75) is 10.1 Å². The first-order chi connectivity index (χ1) is 7.25. The van der Waals surface area contributed by atoms with E-state index in [0.717, 1.165) is 14.5 Å². The number of nitrogens with zero attached hydrogens (tertiary/aromatic N) is 2. The van der Waals surface area contributed by atoms with Gasteiger partial charge < -0.3 is 0 Å². The van der Waals surface area contributed by atoms with E-state index in [1.165, 1.54) is 11.8 Å². The summed E-state index contributed by atoms with van der Waals surface area (Å²) in [5, 5.41) is 2.41. The normalized spacial score (nSPS) is 10.3. The van der Waals surface area contributed by atoms with E-state index in [-0.39, 0.29) is 0 Å². The fourth-order valence-corrected chi connectivity index (χ4v) is 2.30. The summed E-state index contributed by atoms with van der Waals surface area (Å²) in [6, 6.07) is 7.51. The molecule has 76 valence electrons. The van der Waals surface area contributed by atoms with E-state index in [1.807, 2.05) is 24.3 Å². The molecule has 2 nitrogen and oxygen atoms in total.